The van der Waals surface area contributed by atoms with Crippen LogP contribution < -0.4 is 0 Å². The molecule has 2 amide bonds. The molecule has 0 saturated carbocycles. The van der Waals surface area contributed by atoms with Gasteiger partial charge in [0.25, 0.3) is 0 Å². The van der Waals surface area contributed by atoms with E-state index in [1.807, 2.05) is 0 Å². The molecule has 1 aliphatic heterocycles. The van der Waals surface area contributed by atoms with Gasteiger partial charge in [0.2, 0.25) is 11.8 Å². The lowest BCUT2D eigenvalue weighted by atomic mass is 10.2. The molecule has 0 aliphatic carbocycles. The molecule has 0 aromatic carbocycles. The van der Waals surface area contributed by atoms with Gasteiger partial charge in [0.15, 0.2) is 0 Å². The van der Waals surface area contributed by atoms with Gasteiger partial charge in [0, 0.05) is 33.0 Å². The number of carbonyl (C=O) groups excluding carboxylic acids is 2. The Morgan fingerprint density at radius 1 is 1.47 bits per heavy atom. The lowest BCUT2D eigenvalue weighted by Crippen LogP contribution is -2.35. The van der Waals surface area contributed by atoms with Crippen LogP contribution in [-0.4, -0.2) is 48.3 Å². The second-order valence-corrected chi connectivity index (χ2v) is 4.40. The van der Waals surface area contributed by atoms with E-state index in [4.69, 9.17) is 6.42 Å². The van der Waals surface area contributed by atoms with E-state index in [-0.39, 0.29) is 11.8 Å². The fourth-order valence-electron chi connectivity index (χ4n) is 1.92. The standard InChI is InChI=1S/C13H20N2O2/c1-3-9-14(2)12(16)8-11-15-10-6-4-5-7-13(15)17/h1H,4-11H2,2H3. The van der Waals surface area contributed by atoms with Crippen molar-refractivity contribution in [2.45, 2.75) is 32.1 Å². The highest BCUT2D eigenvalue weighted by Crippen LogP contribution is 2.11. The SMILES string of the molecule is C#CCN(C)C(=O)CCN1CCCCCC1=O. The molecular formula is C13H20N2O2. The summed E-state index contributed by atoms with van der Waals surface area (Å²) in [6.45, 7) is 1.63. The van der Waals surface area contributed by atoms with E-state index in [1.54, 1.807) is 11.9 Å². The van der Waals surface area contributed by atoms with Gasteiger partial charge in [0.05, 0.1) is 6.54 Å². The number of hydrogen-bond donors (Lipinski definition) is 0. The van der Waals surface area contributed by atoms with Crippen LogP contribution in [0.1, 0.15) is 32.1 Å². The van der Waals surface area contributed by atoms with Gasteiger partial charge in [-0.15, -0.1) is 6.42 Å². The molecule has 94 valence electrons. The number of rotatable bonds is 4. The minimum atomic E-state index is -0.00000283. The third-order valence-electron chi connectivity index (χ3n) is 3.02. The summed E-state index contributed by atoms with van der Waals surface area (Å²) < 4.78 is 0. The third kappa shape index (κ3) is 4.48. The number of terminal acetylenes is 1. The van der Waals surface area contributed by atoms with Crippen LogP contribution in [0.15, 0.2) is 0 Å². The molecule has 1 fully saturated rings. The summed E-state index contributed by atoms with van der Waals surface area (Å²) in [4.78, 5) is 26.7. The monoisotopic (exact) mass is 236 g/mol. The van der Waals surface area contributed by atoms with Crippen molar-refractivity contribution in [2.24, 2.45) is 0 Å². The molecule has 0 aromatic heterocycles. The first-order chi connectivity index (χ1) is 8.15. The Labute approximate surface area is 103 Å². The predicted octanol–water partition coefficient (Wildman–Crippen LogP) is 0.871. The van der Waals surface area contributed by atoms with Gasteiger partial charge >= 0.3 is 0 Å². The molecule has 0 bridgehead atoms. The van der Waals surface area contributed by atoms with Crippen molar-refractivity contribution in [3.8, 4) is 12.3 Å². The van der Waals surface area contributed by atoms with E-state index in [2.05, 4.69) is 5.92 Å². The van der Waals surface area contributed by atoms with E-state index >= 15 is 0 Å². The molecule has 0 radical (unpaired) electrons. The summed E-state index contributed by atoms with van der Waals surface area (Å²) in [6, 6.07) is 0. The van der Waals surface area contributed by atoms with Gasteiger partial charge in [0.1, 0.15) is 0 Å². The summed E-state index contributed by atoms with van der Waals surface area (Å²) in [5, 5.41) is 0. The zero-order valence-electron chi connectivity index (χ0n) is 10.4. The predicted molar refractivity (Wildman–Crippen MR) is 66.1 cm³/mol. The van der Waals surface area contributed by atoms with Crippen molar-refractivity contribution in [1.29, 1.82) is 0 Å². The number of likely N-dealkylation sites (tertiary alicyclic amines) is 1. The minimum Gasteiger partial charge on any atom is -0.342 e. The lowest BCUT2D eigenvalue weighted by molar-refractivity contribution is -0.133. The zero-order valence-corrected chi connectivity index (χ0v) is 10.4. The molecule has 4 heteroatoms. The maximum absolute atomic E-state index is 11.7. The fourth-order valence-corrected chi connectivity index (χ4v) is 1.92. The van der Waals surface area contributed by atoms with Crippen molar-refractivity contribution < 1.29 is 9.59 Å². The topological polar surface area (TPSA) is 40.6 Å². The number of hydrogen-bond acceptors (Lipinski definition) is 2. The molecule has 1 saturated heterocycles. The van der Waals surface area contributed by atoms with Gasteiger partial charge in [-0.05, 0) is 12.8 Å². The van der Waals surface area contributed by atoms with Crippen LogP contribution in [0, 0.1) is 12.3 Å². The van der Waals surface area contributed by atoms with Crippen LogP contribution in [0.4, 0.5) is 0 Å². The van der Waals surface area contributed by atoms with Crippen molar-refractivity contribution in [3.63, 3.8) is 0 Å². The average molecular weight is 236 g/mol. The van der Waals surface area contributed by atoms with E-state index in [9.17, 15) is 9.59 Å². The Morgan fingerprint density at radius 3 is 2.94 bits per heavy atom. The Balaban J connectivity index is 2.36. The molecule has 4 nitrogen and oxygen atoms in total. The van der Waals surface area contributed by atoms with Crippen LogP contribution in [0.2, 0.25) is 0 Å². The normalized spacial score (nSPS) is 16.2. The maximum atomic E-state index is 11.7. The number of amides is 2. The second-order valence-electron chi connectivity index (χ2n) is 4.40. The molecule has 0 spiro atoms. The Kier molecular flexibility index (Phi) is 5.55. The summed E-state index contributed by atoms with van der Waals surface area (Å²) in [5.41, 5.74) is 0. The Bertz CT molecular complexity index is 320. The van der Waals surface area contributed by atoms with E-state index < -0.39 is 0 Å². The summed E-state index contributed by atoms with van der Waals surface area (Å²) in [6.07, 6.45) is 9.24. The molecule has 1 aliphatic rings. The molecule has 17 heavy (non-hydrogen) atoms. The summed E-state index contributed by atoms with van der Waals surface area (Å²) in [7, 11) is 1.69. The van der Waals surface area contributed by atoms with E-state index in [0.717, 1.165) is 25.8 Å². The van der Waals surface area contributed by atoms with Crippen LogP contribution >= 0.6 is 0 Å². The molecule has 0 aromatic rings. The zero-order chi connectivity index (χ0) is 12.7. The van der Waals surface area contributed by atoms with Crippen molar-refractivity contribution in [3.05, 3.63) is 0 Å². The van der Waals surface area contributed by atoms with Gasteiger partial charge in [-0.25, -0.2) is 0 Å². The quantitative estimate of drug-likeness (QED) is 0.680. The Hall–Kier alpha value is -1.50. The van der Waals surface area contributed by atoms with Crippen LogP contribution in [-0.2, 0) is 9.59 Å². The minimum absolute atomic E-state index is 0.00000283. The highest BCUT2D eigenvalue weighted by Gasteiger charge is 2.18. The van der Waals surface area contributed by atoms with Crippen molar-refractivity contribution >= 4 is 11.8 Å². The molecule has 0 N–H and O–H groups in total. The molecule has 0 unspecified atom stereocenters. The maximum Gasteiger partial charge on any atom is 0.224 e. The average Bonchev–Trinajstić information content (AvgIpc) is 2.51. The van der Waals surface area contributed by atoms with Crippen molar-refractivity contribution in [1.82, 2.24) is 9.80 Å². The highest BCUT2D eigenvalue weighted by atomic mass is 16.2. The summed E-state index contributed by atoms with van der Waals surface area (Å²) >= 11 is 0. The van der Waals surface area contributed by atoms with Crippen LogP contribution in [0.25, 0.3) is 0 Å². The third-order valence-corrected chi connectivity index (χ3v) is 3.02. The molecular weight excluding hydrogens is 216 g/mol. The van der Waals surface area contributed by atoms with E-state index in [1.165, 1.54) is 4.90 Å². The van der Waals surface area contributed by atoms with Gasteiger partial charge < -0.3 is 9.80 Å². The van der Waals surface area contributed by atoms with Crippen molar-refractivity contribution in [2.75, 3.05) is 26.7 Å². The van der Waals surface area contributed by atoms with Crippen LogP contribution in [0.3, 0.4) is 0 Å². The largest absolute Gasteiger partial charge is 0.342 e. The first kappa shape index (κ1) is 13.6. The van der Waals surface area contributed by atoms with Gasteiger partial charge in [-0.3, -0.25) is 9.59 Å². The smallest absolute Gasteiger partial charge is 0.224 e. The Morgan fingerprint density at radius 2 is 2.24 bits per heavy atom. The summed E-state index contributed by atoms with van der Waals surface area (Å²) in [5.74, 6) is 2.61. The van der Waals surface area contributed by atoms with Gasteiger partial charge in [-0.1, -0.05) is 12.3 Å². The highest BCUT2D eigenvalue weighted by molar-refractivity contribution is 5.79. The lowest BCUT2D eigenvalue weighted by Gasteiger charge is -2.21. The molecule has 0 atom stereocenters. The van der Waals surface area contributed by atoms with Crippen LogP contribution in [0.5, 0.6) is 0 Å². The van der Waals surface area contributed by atoms with Gasteiger partial charge in [-0.2, -0.15) is 0 Å². The molecule has 1 rings (SSSR count). The first-order valence-electron chi connectivity index (χ1n) is 6.10. The number of nitrogens with zero attached hydrogens (tertiary/aromatic N) is 2. The molecule has 1 heterocycles. The second kappa shape index (κ2) is 6.95. The number of carbonyl (C=O) groups is 2. The first-order valence-corrected chi connectivity index (χ1v) is 6.10. The van der Waals surface area contributed by atoms with E-state index in [0.29, 0.717) is 25.9 Å². The fraction of sp³-hybridized carbons (Fsp3) is 0.692.